The van der Waals surface area contributed by atoms with Crippen molar-refractivity contribution in [3.8, 4) is 0 Å². The molecule has 4 nitrogen and oxygen atoms in total. The number of likely N-dealkylation sites (tertiary alicyclic amines) is 1. The minimum absolute atomic E-state index is 0.0169. The van der Waals surface area contributed by atoms with Gasteiger partial charge in [0.2, 0.25) is 5.91 Å². The number of nitrogens with one attached hydrogen (secondary N) is 1. The van der Waals surface area contributed by atoms with Crippen LogP contribution in [0.25, 0.3) is 0 Å². The van der Waals surface area contributed by atoms with Gasteiger partial charge in [0.15, 0.2) is 0 Å². The first kappa shape index (κ1) is 14.5. The van der Waals surface area contributed by atoms with Gasteiger partial charge in [-0.15, -0.1) is 11.3 Å². The maximum Gasteiger partial charge on any atom is 0.240 e. The molecule has 0 aromatic carbocycles. The van der Waals surface area contributed by atoms with Gasteiger partial charge in [0.25, 0.3) is 0 Å². The second kappa shape index (κ2) is 5.59. The van der Waals surface area contributed by atoms with Crippen LogP contribution in [0.4, 0.5) is 0 Å². The number of hydrogen-bond acceptors (Lipinski definition) is 4. The summed E-state index contributed by atoms with van der Waals surface area (Å²) in [5.41, 5.74) is 1.06. The molecule has 0 spiro atoms. The summed E-state index contributed by atoms with van der Waals surface area (Å²) >= 11 is 1.70. The van der Waals surface area contributed by atoms with E-state index in [4.69, 9.17) is 0 Å². The number of rotatable bonds is 4. The van der Waals surface area contributed by atoms with E-state index in [-0.39, 0.29) is 18.0 Å². The van der Waals surface area contributed by atoms with Gasteiger partial charge in [-0.05, 0) is 27.2 Å². The van der Waals surface area contributed by atoms with Crippen molar-refractivity contribution in [2.45, 2.75) is 59.2 Å². The number of carbonyl (C=O) groups is 1. The van der Waals surface area contributed by atoms with Crippen LogP contribution in [-0.4, -0.2) is 34.4 Å². The highest BCUT2D eigenvalue weighted by Gasteiger charge is 2.35. The molecule has 1 fully saturated rings. The standard InChI is InChI=1S/C14H23N3OS/c1-8(2)15-12-6-7-17(14(12)18)10(4)13-9(3)16-11(5)19-13/h8,10,12,15H,6-7H2,1-5H3. The lowest BCUT2D eigenvalue weighted by molar-refractivity contribution is -0.131. The van der Waals surface area contributed by atoms with Gasteiger partial charge in [-0.25, -0.2) is 4.98 Å². The molecule has 1 saturated heterocycles. The van der Waals surface area contributed by atoms with E-state index in [0.717, 1.165) is 23.7 Å². The monoisotopic (exact) mass is 281 g/mol. The maximum absolute atomic E-state index is 12.4. The second-order valence-electron chi connectivity index (χ2n) is 5.55. The van der Waals surface area contributed by atoms with Crippen molar-refractivity contribution >= 4 is 17.2 Å². The van der Waals surface area contributed by atoms with Crippen LogP contribution in [0.15, 0.2) is 0 Å². The molecule has 1 aromatic heterocycles. The number of amides is 1. The molecule has 1 aliphatic heterocycles. The van der Waals surface area contributed by atoms with Crippen molar-refractivity contribution in [1.29, 1.82) is 0 Å². The molecule has 0 aliphatic carbocycles. The largest absolute Gasteiger partial charge is 0.334 e. The van der Waals surface area contributed by atoms with E-state index in [1.165, 1.54) is 4.88 Å². The number of hydrogen-bond donors (Lipinski definition) is 1. The quantitative estimate of drug-likeness (QED) is 0.922. The summed E-state index contributed by atoms with van der Waals surface area (Å²) in [6.45, 7) is 11.1. The van der Waals surface area contributed by atoms with E-state index in [1.54, 1.807) is 11.3 Å². The second-order valence-corrected chi connectivity index (χ2v) is 6.79. The Morgan fingerprint density at radius 3 is 2.58 bits per heavy atom. The smallest absolute Gasteiger partial charge is 0.240 e. The summed E-state index contributed by atoms with van der Waals surface area (Å²) in [5.74, 6) is 0.228. The third-order valence-electron chi connectivity index (χ3n) is 3.56. The van der Waals surface area contributed by atoms with Crippen LogP contribution in [0.3, 0.4) is 0 Å². The average Bonchev–Trinajstić information content (AvgIpc) is 2.82. The Morgan fingerprint density at radius 2 is 2.05 bits per heavy atom. The first-order valence-electron chi connectivity index (χ1n) is 6.90. The fourth-order valence-corrected chi connectivity index (χ4v) is 3.71. The van der Waals surface area contributed by atoms with Gasteiger partial charge in [0.05, 0.1) is 22.8 Å². The third-order valence-corrected chi connectivity index (χ3v) is 4.80. The van der Waals surface area contributed by atoms with Crippen molar-refractivity contribution < 1.29 is 4.79 Å². The van der Waals surface area contributed by atoms with Crippen LogP contribution in [0.1, 0.15) is 48.8 Å². The van der Waals surface area contributed by atoms with E-state index >= 15 is 0 Å². The van der Waals surface area contributed by atoms with Gasteiger partial charge in [-0.1, -0.05) is 13.8 Å². The molecule has 0 radical (unpaired) electrons. The minimum atomic E-state index is -0.0169. The van der Waals surface area contributed by atoms with Crippen molar-refractivity contribution in [3.05, 3.63) is 15.6 Å². The Morgan fingerprint density at radius 1 is 1.37 bits per heavy atom. The molecule has 0 saturated carbocycles. The Labute approximate surface area is 119 Å². The highest BCUT2D eigenvalue weighted by atomic mass is 32.1. The van der Waals surface area contributed by atoms with Crippen LogP contribution in [-0.2, 0) is 4.79 Å². The Kier molecular flexibility index (Phi) is 4.26. The van der Waals surface area contributed by atoms with Gasteiger partial charge >= 0.3 is 0 Å². The third kappa shape index (κ3) is 2.98. The van der Waals surface area contributed by atoms with Gasteiger partial charge in [-0.2, -0.15) is 0 Å². The number of thiazole rings is 1. The summed E-state index contributed by atoms with van der Waals surface area (Å²) in [6, 6.07) is 0.464. The molecule has 1 aliphatic rings. The van der Waals surface area contributed by atoms with E-state index in [2.05, 4.69) is 31.1 Å². The van der Waals surface area contributed by atoms with Crippen molar-refractivity contribution in [2.24, 2.45) is 0 Å². The number of aromatic nitrogens is 1. The van der Waals surface area contributed by atoms with Crippen LogP contribution < -0.4 is 5.32 Å². The molecule has 2 heterocycles. The number of carbonyl (C=O) groups excluding carboxylic acids is 1. The molecule has 2 rings (SSSR count). The van der Waals surface area contributed by atoms with Gasteiger partial charge < -0.3 is 10.2 Å². The lowest BCUT2D eigenvalue weighted by atomic mass is 10.2. The number of nitrogens with zero attached hydrogens (tertiary/aromatic N) is 2. The Balaban J connectivity index is 2.11. The topological polar surface area (TPSA) is 45.2 Å². The first-order chi connectivity index (χ1) is 8.90. The predicted molar refractivity (Wildman–Crippen MR) is 78.4 cm³/mol. The molecular weight excluding hydrogens is 258 g/mol. The van der Waals surface area contributed by atoms with Crippen molar-refractivity contribution in [1.82, 2.24) is 15.2 Å². The minimum Gasteiger partial charge on any atom is -0.334 e. The highest BCUT2D eigenvalue weighted by Crippen LogP contribution is 2.31. The first-order valence-corrected chi connectivity index (χ1v) is 7.72. The average molecular weight is 281 g/mol. The van der Waals surface area contributed by atoms with Gasteiger partial charge in [0.1, 0.15) is 0 Å². The molecule has 2 unspecified atom stereocenters. The summed E-state index contributed by atoms with van der Waals surface area (Å²) in [4.78, 5) is 20.1. The lowest BCUT2D eigenvalue weighted by Crippen LogP contribution is -2.42. The number of aryl methyl sites for hydroxylation is 2. The van der Waals surface area contributed by atoms with E-state index in [1.807, 2.05) is 18.7 Å². The molecule has 5 heteroatoms. The summed E-state index contributed by atoms with van der Waals surface area (Å²) in [6.07, 6.45) is 0.901. The molecule has 106 valence electrons. The predicted octanol–water partition coefficient (Wildman–Crippen LogP) is 2.42. The fraction of sp³-hybridized carbons (Fsp3) is 0.714. The van der Waals surface area contributed by atoms with Crippen LogP contribution in [0.2, 0.25) is 0 Å². The molecule has 1 N–H and O–H groups in total. The van der Waals surface area contributed by atoms with Crippen molar-refractivity contribution in [2.75, 3.05) is 6.54 Å². The zero-order chi connectivity index (χ0) is 14.2. The zero-order valence-electron chi connectivity index (χ0n) is 12.4. The van der Waals surface area contributed by atoms with E-state index < -0.39 is 0 Å². The summed E-state index contributed by atoms with van der Waals surface area (Å²) in [5, 5.41) is 4.42. The Bertz CT molecular complexity index is 469. The van der Waals surface area contributed by atoms with Crippen LogP contribution in [0.5, 0.6) is 0 Å². The maximum atomic E-state index is 12.4. The van der Waals surface area contributed by atoms with Crippen molar-refractivity contribution in [3.63, 3.8) is 0 Å². The molecule has 1 amide bonds. The Hall–Kier alpha value is -0.940. The highest BCUT2D eigenvalue weighted by molar-refractivity contribution is 7.11. The molecule has 19 heavy (non-hydrogen) atoms. The summed E-state index contributed by atoms with van der Waals surface area (Å²) < 4.78 is 0. The lowest BCUT2D eigenvalue weighted by Gasteiger charge is -2.24. The van der Waals surface area contributed by atoms with Crippen LogP contribution in [0, 0.1) is 13.8 Å². The van der Waals surface area contributed by atoms with Gasteiger partial charge in [-0.3, -0.25) is 4.79 Å². The van der Waals surface area contributed by atoms with Crippen LogP contribution >= 0.6 is 11.3 Å². The van der Waals surface area contributed by atoms with Gasteiger partial charge in [0, 0.05) is 17.5 Å². The van der Waals surface area contributed by atoms with E-state index in [0.29, 0.717) is 6.04 Å². The fourth-order valence-electron chi connectivity index (χ4n) is 2.72. The normalized spacial score (nSPS) is 21.5. The SMILES string of the molecule is Cc1nc(C)c(C(C)N2CCC(NC(C)C)C2=O)s1. The summed E-state index contributed by atoms with van der Waals surface area (Å²) in [7, 11) is 0. The molecule has 1 aromatic rings. The molecule has 2 atom stereocenters. The molecular formula is C14H23N3OS. The zero-order valence-corrected chi connectivity index (χ0v) is 13.2. The molecule has 0 bridgehead atoms. The van der Waals surface area contributed by atoms with E-state index in [9.17, 15) is 4.79 Å².